The van der Waals surface area contributed by atoms with Crippen molar-refractivity contribution in [2.45, 2.75) is 70.1 Å². The van der Waals surface area contributed by atoms with E-state index in [0.717, 1.165) is 6.42 Å². The first-order valence-corrected chi connectivity index (χ1v) is 10.3. The smallest absolute Gasteiger partial charge is 0.326 e. The van der Waals surface area contributed by atoms with Gasteiger partial charge in [0.25, 0.3) is 0 Å². The molecule has 4 unspecified atom stereocenters. The number of rotatable bonds is 13. The molecule has 4 atom stereocenters. The fourth-order valence-corrected chi connectivity index (χ4v) is 3.17. The van der Waals surface area contributed by atoms with Crippen molar-refractivity contribution < 1.29 is 39.0 Å². The Kier molecular flexibility index (Phi) is 10.5. The van der Waals surface area contributed by atoms with Gasteiger partial charge in [-0.25, -0.2) is 4.79 Å². The standard InChI is InChI=1S/C19H31N5O8/c1-9(2)15(24-16(28)10-4-3-7-21-10)18(30)22-11(5-6-14(26)27)17(29)23-12(19(31)32)8-13(20)25/h9-12,15,21H,3-8H2,1-2H3,(H2,20,25)(H,22,30)(H,23,29)(H,24,28)(H,26,27)(H,31,32). The second-order valence-electron chi connectivity index (χ2n) is 7.94. The Bertz CT molecular complexity index is 735. The van der Waals surface area contributed by atoms with Gasteiger partial charge in [0, 0.05) is 6.42 Å². The molecule has 0 radical (unpaired) electrons. The summed E-state index contributed by atoms with van der Waals surface area (Å²) in [5.74, 6) is -6.15. The van der Waals surface area contributed by atoms with Crippen molar-refractivity contribution in [2.75, 3.05) is 6.54 Å². The van der Waals surface area contributed by atoms with Crippen LogP contribution in [0.2, 0.25) is 0 Å². The third-order valence-corrected chi connectivity index (χ3v) is 4.92. The highest BCUT2D eigenvalue weighted by Gasteiger charge is 2.33. The van der Waals surface area contributed by atoms with Crippen LogP contribution in [0.25, 0.3) is 0 Å². The van der Waals surface area contributed by atoms with Crippen LogP contribution >= 0.6 is 0 Å². The first kappa shape index (κ1) is 26.8. The number of aliphatic carboxylic acids is 2. The number of primary amides is 1. The van der Waals surface area contributed by atoms with Gasteiger partial charge in [0.15, 0.2) is 0 Å². The zero-order valence-corrected chi connectivity index (χ0v) is 18.1. The Hall–Kier alpha value is -3.22. The highest BCUT2D eigenvalue weighted by atomic mass is 16.4. The number of carbonyl (C=O) groups is 6. The average molecular weight is 457 g/mol. The molecule has 1 fully saturated rings. The minimum absolute atomic E-state index is 0.335. The summed E-state index contributed by atoms with van der Waals surface area (Å²) in [5.41, 5.74) is 4.99. The number of hydrogen-bond acceptors (Lipinski definition) is 7. The highest BCUT2D eigenvalue weighted by molar-refractivity contribution is 5.95. The largest absolute Gasteiger partial charge is 0.481 e. The fraction of sp³-hybridized carbons (Fsp3) is 0.684. The fourth-order valence-electron chi connectivity index (χ4n) is 3.17. The molecule has 0 aliphatic carbocycles. The van der Waals surface area contributed by atoms with Gasteiger partial charge in [-0.15, -0.1) is 0 Å². The predicted octanol–water partition coefficient (Wildman–Crippen LogP) is -2.33. The third kappa shape index (κ3) is 8.88. The van der Waals surface area contributed by atoms with Gasteiger partial charge < -0.3 is 37.2 Å². The van der Waals surface area contributed by atoms with Crippen molar-refractivity contribution in [1.82, 2.24) is 21.3 Å². The summed E-state index contributed by atoms with van der Waals surface area (Å²) in [5, 5.41) is 28.2. The molecule has 1 saturated heterocycles. The number of carboxylic acid groups (broad SMARTS) is 2. The Morgan fingerprint density at radius 1 is 1.00 bits per heavy atom. The van der Waals surface area contributed by atoms with Crippen LogP contribution in [0.5, 0.6) is 0 Å². The van der Waals surface area contributed by atoms with Crippen LogP contribution in [0.4, 0.5) is 0 Å². The van der Waals surface area contributed by atoms with Gasteiger partial charge in [-0.2, -0.15) is 0 Å². The molecular weight excluding hydrogens is 426 g/mol. The van der Waals surface area contributed by atoms with E-state index in [1.165, 1.54) is 0 Å². The van der Waals surface area contributed by atoms with E-state index in [-0.39, 0.29) is 18.2 Å². The summed E-state index contributed by atoms with van der Waals surface area (Å²) in [7, 11) is 0. The third-order valence-electron chi connectivity index (χ3n) is 4.92. The lowest BCUT2D eigenvalue weighted by Gasteiger charge is -2.26. The van der Waals surface area contributed by atoms with Crippen LogP contribution in [0.1, 0.15) is 46.0 Å². The van der Waals surface area contributed by atoms with E-state index >= 15 is 0 Å². The van der Waals surface area contributed by atoms with E-state index in [9.17, 15) is 28.8 Å². The first-order valence-electron chi connectivity index (χ1n) is 10.3. The molecule has 4 amide bonds. The van der Waals surface area contributed by atoms with Gasteiger partial charge in [0.2, 0.25) is 23.6 Å². The SMILES string of the molecule is CC(C)C(NC(=O)C1CCCN1)C(=O)NC(CCC(=O)O)C(=O)NC(CC(N)=O)C(=O)O. The summed E-state index contributed by atoms with van der Waals surface area (Å²) < 4.78 is 0. The number of amides is 4. The van der Waals surface area contributed by atoms with Gasteiger partial charge in [-0.3, -0.25) is 24.0 Å². The van der Waals surface area contributed by atoms with Crippen molar-refractivity contribution in [1.29, 1.82) is 0 Å². The molecular formula is C19H31N5O8. The van der Waals surface area contributed by atoms with E-state index in [4.69, 9.17) is 15.9 Å². The quantitative estimate of drug-likeness (QED) is 0.158. The maximum Gasteiger partial charge on any atom is 0.326 e. The van der Waals surface area contributed by atoms with E-state index < -0.39 is 66.7 Å². The number of nitrogens with one attached hydrogen (secondary N) is 4. The van der Waals surface area contributed by atoms with Crippen molar-refractivity contribution in [2.24, 2.45) is 11.7 Å². The predicted molar refractivity (Wildman–Crippen MR) is 110 cm³/mol. The number of nitrogens with two attached hydrogens (primary N) is 1. The van der Waals surface area contributed by atoms with Crippen LogP contribution in [-0.2, 0) is 28.8 Å². The summed E-state index contributed by atoms with van der Waals surface area (Å²) in [6.45, 7) is 4.06. The molecule has 8 N–H and O–H groups in total. The van der Waals surface area contributed by atoms with Crippen LogP contribution in [-0.4, -0.2) is 76.5 Å². The molecule has 0 aromatic carbocycles. The lowest BCUT2D eigenvalue weighted by Crippen LogP contribution is -2.58. The van der Waals surface area contributed by atoms with Gasteiger partial charge in [-0.05, 0) is 31.7 Å². The lowest BCUT2D eigenvalue weighted by molar-refractivity contribution is -0.144. The van der Waals surface area contributed by atoms with Gasteiger partial charge >= 0.3 is 11.9 Å². The Balaban J connectivity index is 2.92. The van der Waals surface area contributed by atoms with Crippen molar-refractivity contribution in [3.63, 3.8) is 0 Å². The Labute approximate surface area is 184 Å². The van der Waals surface area contributed by atoms with E-state index in [2.05, 4.69) is 21.3 Å². The first-order chi connectivity index (χ1) is 14.9. The van der Waals surface area contributed by atoms with E-state index in [1.54, 1.807) is 13.8 Å². The van der Waals surface area contributed by atoms with Crippen LogP contribution in [0.15, 0.2) is 0 Å². The van der Waals surface area contributed by atoms with Crippen LogP contribution < -0.4 is 27.0 Å². The van der Waals surface area contributed by atoms with Gasteiger partial charge in [-0.1, -0.05) is 13.8 Å². The zero-order valence-electron chi connectivity index (χ0n) is 18.1. The zero-order chi connectivity index (χ0) is 24.4. The monoisotopic (exact) mass is 457 g/mol. The molecule has 13 nitrogen and oxygen atoms in total. The Morgan fingerprint density at radius 2 is 1.62 bits per heavy atom. The highest BCUT2D eigenvalue weighted by Crippen LogP contribution is 2.09. The molecule has 180 valence electrons. The molecule has 0 saturated carbocycles. The molecule has 1 heterocycles. The normalized spacial score (nSPS) is 18.3. The molecule has 1 aliphatic heterocycles. The van der Waals surface area contributed by atoms with Crippen LogP contribution in [0.3, 0.4) is 0 Å². The molecule has 1 aliphatic rings. The topological polar surface area (TPSA) is 217 Å². The van der Waals surface area contributed by atoms with Gasteiger partial charge in [0.05, 0.1) is 12.5 Å². The second kappa shape index (κ2) is 12.6. The minimum atomic E-state index is -1.64. The van der Waals surface area contributed by atoms with Crippen LogP contribution in [0, 0.1) is 5.92 Å². The molecule has 32 heavy (non-hydrogen) atoms. The second-order valence-corrected chi connectivity index (χ2v) is 7.94. The average Bonchev–Trinajstić information content (AvgIpc) is 3.22. The van der Waals surface area contributed by atoms with Crippen molar-refractivity contribution in [3.05, 3.63) is 0 Å². The molecule has 0 spiro atoms. The number of carboxylic acids is 2. The summed E-state index contributed by atoms with van der Waals surface area (Å²) in [6.07, 6.45) is -0.0580. The number of hydrogen-bond donors (Lipinski definition) is 7. The van der Waals surface area contributed by atoms with E-state index in [0.29, 0.717) is 13.0 Å². The molecule has 1 rings (SSSR count). The summed E-state index contributed by atoms with van der Waals surface area (Å²) in [4.78, 5) is 71.1. The number of carbonyl (C=O) groups excluding carboxylic acids is 4. The maximum absolute atomic E-state index is 12.8. The molecule has 0 aromatic rings. The molecule has 13 heteroatoms. The summed E-state index contributed by atoms with van der Waals surface area (Å²) >= 11 is 0. The van der Waals surface area contributed by atoms with Gasteiger partial charge in [0.1, 0.15) is 18.1 Å². The summed E-state index contributed by atoms with van der Waals surface area (Å²) in [6, 6.07) is -4.49. The van der Waals surface area contributed by atoms with E-state index in [1.807, 2.05) is 0 Å². The minimum Gasteiger partial charge on any atom is -0.481 e. The van der Waals surface area contributed by atoms with Crippen molar-refractivity contribution in [3.8, 4) is 0 Å². The van der Waals surface area contributed by atoms with Crippen molar-refractivity contribution >= 4 is 35.6 Å². The Morgan fingerprint density at radius 3 is 2.09 bits per heavy atom. The lowest BCUT2D eigenvalue weighted by atomic mass is 10.0. The molecule has 0 aromatic heterocycles. The molecule has 0 bridgehead atoms. The maximum atomic E-state index is 12.8.